The smallest absolute Gasteiger partial charge is 0.129 e. The molecule has 0 aliphatic carbocycles. The van der Waals surface area contributed by atoms with Crippen LogP contribution in [0.15, 0.2) is 16.5 Å². The lowest BCUT2D eigenvalue weighted by molar-refractivity contribution is 0.0672. The quantitative estimate of drug-likeness (QED) is 0.860. The van der Waals surface area contributed by atoms with Crippen molar-refractivity contribution < 1.29 is 9.52 Å². The molecule has 1 aliphatic rings. The molecule has 4 heteroatoms. The van der Waals surface area contributed by atoms with Gasteiger partial charge < -0.3 is 14.8 Å². The number of hydrogen-bond acceptors (Lipinski definition) is 4. The molecule has 1 aliphatic heterocycles. The van der Waals surface area contributed by atoms with Gasteiger partial charge in [-0.15, -0.1) is 0 Å². The zero-order valence-electron chi connectivity index (χ0n) is 11.6. The minimum absolute atomic E-state index is 0.0293. The molecule has 0 aromatic carbocycles. The van der Waals surface area contributed by atoms with Crippen LogP contribution in [0.25, 0.3) is 0 Å². The summed E-state index contributed by atoms with van der Waals surface area (Å²) in [5.41, 5.74) is 0.113. The van der Waals surface area contributed by atoms with Crippen LogP contribution in [0.5, 0.6) is 0 Å². The molecule has 0 bridgehead atoms. The van der Waals surface area contributed by atoms with E-state index in [2.05, 4.69) is 31.0 Å². The fourth-order valence-corrected chi connectivity index (χ4v) is 2.72. The molecule has 1 aromatic heterocycles. The highest BCUT2D eigenvalue weighted by Gasteiger charge is 2.34. The second-order valence-corrected chi connectivity index (χ2v) is 6.02. The molecular weight excluding hydrogens is 228 g/mol. The first-order valence-corrected chi connectivity index (χ1v) is 6.66. The number of aliphatic hydroxyl groups is 1. The van der Waals surface area contributed by atoms with Gasteiger partial charge in [0.1, 0.15) is 18.1 Å². The molecule has 2 rings (SSSR count). The summed E-state index contributed by atoms with van der Waals surface area (Å²) >= 11 is 0. The van der Waals surface area contributed by atoms with Crippen molar-refractivity contribution in [2.45, 2.75) is 33.4 Å². The van der Waals surface area contributed by atoms with E-state index in [1.54, 1.807) is 0 Å². The fourth-order valence-electron chi connectivity index (χ4n) is 2.72. The van der Waals surface area contributed by atoms with Gasteiger partial charge in [0, 0.05) is 26.2 Å². The molecule has 1 atom stereocenters. The number of furan rings is 1. The van der Waals surface area contributed by atoms with Crippen LogP contribution in [0.2, 0.25) is 0 Å². The van der Waals surface area contributed by atoms with E-state index in [0.29, 0.717) is 5.76 Å². The zero-order chi connectivity index (χ0) is 13.2. The molecule has 1 fully saturated rings. The molecule has 0 saturated carbocycles. The monoisotopic (exact) mass is 252 g/mol. The van der Waals surface area contributed by atoms with Gasteiger partial charge >= 0.3 is 0 Å². The number of aliphatic hydroxyl groups excluding tert-OH is 1. The van der Waals surface area contributed by atoms with Gasteiger partial charge in [-0.1, -0.05) is 20.8 Å². The Morgan fingerprint density at radius 1 is 1.33 bits per heavy atom. The molecule has 0 radical (unpaired) electrons. The van der Waals surface area contributed by atoms with Gasteiger partial charge in [0.05, 0.1) is 6.04 Å². The highest BCUT2D eigenvalue weighted by Crippen LogP contribution is 2.38. The van der Waals surface area contributed by atoms with Crippen molar-refractivity contribution in [2.75, 3.05) is 26.2 Å². The molecule has 0 unspecified atom stereocenters. The first-order valence-electron chi connectivity index (χ1n) is 6.66. The van der Waals surface area contributed by atoms with E-state index in [0.717, 1.165) is 31.9 Å². The molecule has 1 aromatic rings. The van der Waals surface area contributed by atoms with Crippen LogP contribution >= 0.6 is 0 Å². The maximum Gasteiger partial charge on any atom is 0.129 e. The molecule has 0 amide bonds. The standard InChI is InChI=1S/C14H24N2O2/c1-14(2,3)13(16-8-6-15-7-9-16)12-5-4-11(10-17)18-12/h4-5,13,15,17H,6-10H2,1-3H3/t13-/m0/s1. The molecule has 4 nitrogen and oxygen atoms in total. The maximum atomic E-state index is 9.13. The summed E-state index contributed by atoms with van der Waals surface area (Å²) in [6, 6.07) is 4.14. The summed E-state index contributed by atoms with van der Waals surface area (Å²) in [6.45, 7) is 10.8. The molecule has 2 heterocycles. The highest BCUT2D eigenvalue weighted by atomic mass is 16.4. The highest BCUT2D eigenvalue weighted by molar-refractivity contribution is 5.13. The summed E-state index contributed by atoms with van der Waals surface area (Å²) in [6.07, 6.45) is 0. The van der Waals surface area contributed by atoms with Crippen LogP contribution in [0.3, 0.4) is 0 Å². The molecule has 0 spiro atoms. The van der Waals surface area contributed by atoms with Crippen molar-refractivity contribution in [1.82, 2.24) is 10.2 Å². The van der Waals surface area contributed by atoms with E-state index in [1.807, 2.05) is 12.1 Å². The van der Waals surface area contributed by atoms with E-state index < -0.39 is 0 Å². The maximum absolute atomic E-state index is 9.13. The van der Waals surface area contributed by atoms with Gasteiger partial charge in [0.25, 0.3) is 0 Å². The Hall–Kier alpha value is -0.840. The van der Waals surface area contributed by atoms with Crippen LogP contribution in [0.1, 0.15) is 38.3 Å². The van der Waals surface area contributed by atoms with E-state index in [1.165, 1.54) is 0 Å². The Morgan fingerprint density at radius 2 is 2.00 bits per heavy atom. The van der Waals surface area contributed by atoms with Gasteiger partial charge in [0.15, 0.2) is 0 Å². The number of piperazine rings is 1. The Balaban J connectivity index is 2.24. The Morgan fingerprint density at radius 3 is 2.50 bits per heavy atom. The minimum Gasteiger partial charge on any atom is -0.462 e. The lowest BCUT2D eigenvalue weighted by Crippen LogP contribution is -2.48. The van der Waals surface area contributed by atoms with E-state index >= 15 is 0 Å². The summed E-state index contributed by atoms with van der Waals surface area (Å²) in [5, 5.41) is 12.5. The summed E-state index contributed by atoms with van der Waals surface area (Å²) in [7, 11) is 0. The predicted octanol–water partition coefficient (Wildman–Crippen LogP) is 1.76. The zero-order valence-corrected chi connectivity index (χ0v) is 11.6. The largest absolute Gasteiger partial charge is 0.462 e. The number of nitrogens with one attached hydrogen (secondary N) is 1. The predicted molar refractivity (Wildman–Crippen MR) is 71.3 cm³/mol. The van der Waals surface area contributed by atoms with Gasteiger partial charge in [-0.05, 0) is 17.5 Å². The van der Waals surface area contributed by atoms with Gasteiger partial charge in [0.2, 0.25) is 0 Å². The normalized spacial score (nSPS) is 20.0. The van der Waals surface area contributed by atoms with Crippen LogP contribution in [0, 0.1) is 5.41 Å². The molecule has 18 heavy (non-hydrogen) atoms. The SMILES string of the molecule is CC(C)(C)[C@H](c1ccc(CO)o1)N1CCNCC1. The van der Waals surface area contributed by atoms with E-state index in [9.17, 15) is 0 Å². The average Bonchev–Trinajstić information content (AvgIpc) is 2.77. The van der Waals surface area contributed by atoms with Crippen LogP contribution in [0.4, 0.5) is 0 Å². The van der Waals surface area contributed by atoms with Crippen LogP contribution < -0.4 is 5.32 Å². The molecule has 2 N–H and O–H groups in total. The molecule has 1 saturated heterocycles. The third-order valence-corrected chi connectivity index (χ3v) is 3.44. The number of rotatable bonds is 3. The van der Waals surface area contributed by atoms with Gasteiger partial charge in [-0.25, -0.2) is 0 Å². The third-order valence-electron chi connectivity index (χ3n) is 3.44. The fraction of sp³-hybridized carbons (Fsp3) is 0.714. The van der Waals surface area contributed by atoms with Crippen LogP contribution in [-0.2, 0) is 6.61 Å². The lowest BCUT2D eigenvalue weighted by Gasteiger charge is -2.41. The molecular formula is C14H24N2O2. The number of nitrogens with zero attached hydrogens (tertiary/aromatic N) is 1. The molecule has 102 valence electrons. The average molecular weight is 252 g/mol. The number of hydrogen-bond donors (Lipinski definition) is 2. The van der Waals surface area contributed by atoms with Gasteiger partial charge in [-0.2, -0.15) is 0 Å². The summed E-state index contributed by atoms with van der Waals surface area (Å²) in [5.74, 6) is 1.61. The van der Waals surface area contributed by atoms with Gasteiger partial charge in [-0.3, -0.25) is 4.90 Å². The second-order valence-electron chi connectivity index (χ2n) is 6.02. The van der Waals surface area contributed by atoms with Crippen molar-refractivity contribution in [3.05, 3.63) is 23.7 Å². The Bertz CT molecular complexity index is 375. The van der Waals surface area contributed by atoms with Crippen molar-refractivity contribution in [3.8, 4) is 0 Å². The summed E-state index contributed by atoms with van der Waals surface area (Å²) in [4.78, 5) is 2.47. The van der Waals surface area contributed by atoms with Crippen molar-refractivity contribution >= 4 is 0 Å². The first-order chi connectivity index (χ1) is 8.52. The Labute approximate surface area is 109 Å². The minimum atomic E-state index is -0.0293. The lowest BCUT2D eigenvalue weighted by atomic mass is 9.84. The second kappa shape index (κ2) is 5.43. The van der Waals surface area contributed by atoms with E-state index in [4.69, 9.17) is 9.52 Å². The van der Waals surface area contributed by atoms with Crippen LogP contribution in [-0.4, -0.2) is 36.2 Å². The van der Waals surface area contributed by atoms with Crippen molar-refractivity contribution in [2.24, 2.45) is 5.41 Å². The van der Waals surface area contributed by atoms with Crippen molar-refractivity contribution in [1.29, 1.82) is 0 Å². The van der Waals surface area contributed by atoms with Crippen molar-refractivity contribution in [3.63, 3.8) is 0 Å². The first kappa shape index (κ1) is 13.6. The topological polar surface area (TPSA) is 48.6 Å². The summed E-state index contributed by atoms with van der Waals surface area (Å²) < 4.78 is 5.76. The Kier molecular flexibility index (Phi) is 4.10. The van der Waals surface area contributed by atoms with E-state index in [-0.39, 0.29) is 18.1 Å². The third kappa shape index (κ3) is 2.94.